The van der Waals surface area contributed by atoms with Crippen molar-refractivity contribution in [3.63, 3.8) is 0 Å². The molecule has 0 bridgehead atoms. The topological polar surface area (TPSA) is 20.2 Å². The van der Waals surface area contributed by atoms with E-state index in [1.807, 2.05) is 0 Å². The molecule has 1 N–H and O–H groups in total. The molecule has 0 fully saturated rings. The van der Waals surface area contributed by atoms with Gasteiger partial charge in [-0.15, -0.1) is 0 Å². The van der Waals surface area contributed by atoms with Crippen LogP contribution in [0.15, 0.2) is 18.2 Å². The summed E-state index contributed by atoms with van der Waals surface area (Å²) in [6, 6.07) is 6.73. The molecule has 1 aromatic carbocycles. The van der Waals surface area contributed by atoms with Gasteiger partial charge in [-0.2, -0.15) is 0 Å². The quantitative estimate of drug-likeness (QED) is 0.827. The Morgan fingerprint density at radius 1 is 1.35 bits per heavy atom. The minimum absolute atomic E-state index is 0.225. The minimum Gasteiger partial charge on any atom is -0.396 e. The summed E-state index contributed by atoms with van der Waals surface area (Å²) in [4.78, 5) is 0. The lowest BCUT2D eigenvalue weighted by atomic mass is 9.81. The predicted molar refractivity (Wildman–Crippen MR) is 70.8 cm³/mol. The van der Waals surface area contributed by atoms with Crippen molar-refractivity contribution in [1.82, 2.24) is 0 Å². The Morgan fingerprint density at radius 2 is 2.12 bits per heavy atom. The van der Waals surface area contributed by atoms with E-state index < -0.39 is 0 Å². The maximum absolute atomic E-state index is 9.21. The molecule has 0 saturated carbocycles. The number of hydrogen-bond donors (Lipinski definition) is 1. The van der Waals surface area contributed by atoms with Crippen LogP contribution in [0.25, 0.3) is 0 Å². The second kappa shape index (κ2) is 4.81. The maximum atomic E-state index is 9.21. The molecule has 0 heterocycles. The van der Waals surface area contributed by atoms with E-state index >= 15 is 0 Å². The third-order valence-corrected chi connectivity index (χ3v) is 3.25. The maximum Gasteiger partial charge on any atom is 0.0468 e. The zero-order chi connectivity index (χ0) is 12.5. The summed E-state index contributed by atoms with van der Waals surface area (Å²) in [7, 11) is 0. The monoisotopic (exact) mass is 230 g/mol. The van der Waals surface area contributed by atoms with Gasteiger partial charge in [0.1, 0.15) is 0 Å². The lowest BCUT2D eigenvalue weighted by Crippen LogP contribution is -2.16. The van der Waals surface area contributed by atoms with Crippen molar-refractivity contribution < 1.29 is 5.11 Å². The fourth-order valence-corrected chi connectivity index (χ4v) is 2.46. The standard InChI is InChI=1S/C16H22O/c1-16(2,3)10-12-4-6-14-7-5-13(11-17)9-15(14)8-12/h4,6,8,13,17H,5,7,10-11H2,1-3H3. The fraction of sp³-hybridized carbons (Fsp3) is 0.562. The van der Waals surface area contributed by atoms with Crippen molar-refractivity contribution in [2.75, 3.05) is 6.61 Å². The highest BCUT2D eigenvalue weighted by Crippen LogP contribution is 2.29. The van der Waals surface area contributed by atoms with Gasteiger partial charge in [0, 0.05) is 13.0 Å². The number of aliphatic hydroxyl groups is 1. The third-order valence-electron chi connectivity index (χ3n) is 3.25. The molecule has 0 saturated heterocycles. The average molecular weight is 230 g/mol. The Morgan fingerprint density at radius 3 is 2.76 bits per heavy atom. The Bertz CT molecular complexity index is 387. The Kier molecular flexibility index (Phi) is 3.58. The second-order valence-corrected chi connectivity index (χ2v) is 6.29. The zero-order valence-electron chi connectivity index (χ0n) is 11.1. The largest absolute Gasteiger partial charge is 0.396 e. The Balaban J connectivity index is 2.18. The molecular weight excluding hydrogens is 208 g/mol. The summed E-state index contributed by atoms with van der Waals surface area (Å²) in [5.41, 5.74) is 4.30. The van der Waals surface area contributed by atoms with Crippen molar-refractivity contribution >= 4 is 0 Å². The molecule has 1 aliphatic carbocycles. The van der Waals surface area contributed by atoms with Crippen LogP contribution in [-0.2, 0) is 12.8 Å². The molecular formula is C16H22O. The van der Waals surface area contributed by atoms with Gasteiger partial charge in [-0.1, -0.05) is 39.0 Å². The number of hydrogen-bond acceptors (Lipinski definition) is 1. The first kappa shape index (κ1) is 12.6. The molecule has 1 nitrogen and oxygen atoms in total. The molecule has 0 aromatic heterocycles. The normalized spacial score (nSPS) is 20.1. The highest BCUT2D eigenvalue weighted by molar-refractivity contribution is 5.39. The van der Waals surface area contributed by atoms with Gasteiger partial charge in [0.05, 0.1) is 0 Å². The molecule has 1 atom stereocenters. The summed E-state index contributed by atoms with van der Waals surface area (Å²) in [6.45, 7) is 7.01. The fourth-order valence-electron chi connectivity index (χ4n) is 2.46. The van der Waals surface area contributed by atoms with E-state index in [0.29, 0.717) is 5.41 Å². The number of fused-ring (bicyclic) bond motifs is 1. The Hall–Kier alpha value is -0.820. The summed E-state index contributed by atoms with van der Waals surface area (Å²) in [6.07, 6.45) is 6.61. The molecule has 1 aliphatic rings. The summed E-state index contributed by atoms with van der Waals surface area (Å²) in [5, 5.41) is 9.21. The van der Waals surface area contributed by atoms with Crippen LogP contribution in [0.1, 0.15) is 43.9 Å². The SMILES string of the molecule is CC(C)(C)Cc1ccc2c(c1)[C]C(CO)CC2. The average Bonchev–Trinajstić information content (AvgIpc) is 2.26. The van der Waals surface area contributed by atoms with E-state index in [2.05, 4.69) is 45.4 Å². The number of benzene rings is 1. The third kappa shape index (κ3) is 3.32. The van der Waals surface area contributed by atoms with Gasteiger partial charge in [0.15, 0.2) is 0 Å². The Labute approximate surface area is 105 Å². The molecule has 1 unspecified atom stereocenters. The summed E-state index contributed by atoms with van der Waals surface area (Å²) in [5.74, 6) is 0.229. The number of aryl methyl sites for hydroxylation is 1. The molecule has 1 heteroatoms. The van der Waals surface area contributed by atoms with Gasteiger partial charge in [-0.3, -0.25) is 0 Å². The van der Waals surface area contributed by atoms with E-state index in [1.165, 1.54) is 16.7 Å². The second-order valence-electron chi connectivity index (χ2n) is 6.29. The molecule has 0 aliphatic heterocycles. The molecule has 2 radical (unpaired) electrons. The van der Waals surface area contributed by atoms with Crippen molar-refractivity contribution in [3.05, 3.63) is 41.3 Å². The lowest BCUT2D eigenvalue weighted by Gasteiger charge is -2.24. The molecule has 0 amide bonds. The molecule has 17 heavy (non-hydrogen) atoms. The van der Waals surface area contributed by atoms with Crippen LogP contribution in [0.2, 0.25) is 0 Å². The van der Waals surface area contributed by atoms with E-state index in [4.69, 9.17) is 0 Å². The first-order chi connectivity index (χ1) is 7.98. The predicted octanol–water partition coefficient (Wildman–Crippen LogP) is 3.26. The van der Waals surface area contributed by atoms with Gasteiger partial charge in [0.25, 0.3) is 0 Å². The van der Waals surface area contributed by atoms with E-state index in [-0.39, 0.29) is 12.5 Å². The van der Waals surface area contributed by atoms with Crippen LogP contribution in [0.4, 0.5) is 0 Å². The van der Waals surface area contributed by atoms with Gasteiger partial charge in [-0.25, -0.2) is 0 Å². The van der Waals surface area contributed by atoms with E-state index in [0.717, 1.165) is 19.3 Å². The molecule has 92 valence electrons. The van der Waals surface area contributed by atoms with Crippen molar-refractivity contribution in [3.8, 4) is 0 Å². The van der Waals surface area contributed by atoms with Crippen LogP contribution in [0.5, 0.6) is 0 Å². The number of aliphatic hydroxyl groups excluding tert-OH is 1. The lowest BCUT2D eigenvalue weighted by molar-refractivity contribution is 0.236. The van der Waals surface area contributed by atoms with Crippen LogP contribution in [0, 0.1) is 17.8 Å². The van der Waals surface area contributed by atoms with Crippen LogP contribution >= 0.6 is 0 Å². The van der Waals surface area contributed by atoms with Crippen molar-refractivity contribution in [2.45, 2.75) is 40.0 Å². The smallest absolute Gasteiger partial charge is 0.0468 e. The van der Waals surface area contributed by atoms with Crippen LogP contribution in [0.3, 0.4) is 0 Å². The zero-order valence-corrected chi connectivity index (χ0v) is 11.1. The van der Waals surface area contributed by atoms with Crippen LogP contribution < -0.4 is 0 Å². The minimum atomic E-state index is 0.225. The van der Waals surface area contributed by atoms with Crippen LogP contribution in [-0.4, -0.2) is 11.7 Å². The highest BCUT2D eigenvalue weighted by Gasteiger charge is 2.20. The summed E-state index contributed by atoms with van der Waals surface area (Å²) >= 11 is 0. The van der Waals surface area contributed by atoms with Gasteiger partial charge in [0.2, 0.25) is 0 Å². The van der Waals surface area contributed by atoms with Gasteiger partial charge >= 0.3 is 0 Å². The first-order valence-corrected chi connectivity index (χ1v) is 6.47. The first-order valence-electron chi connectivity index (χ1n) is 6.47. The highest BCUT2D eigenvalue weighted by atomic mass is 16.3. The van der Waals surface area contributed by atoms with Crippen molar-refractivity contribution in [2.24, 2.45) is 11.3 Å². The van der Waals surface area contributed by atoms with E-state index in [1.54, 1.807) is 0 Å². The van der Waals surface area contributed by atoms with Gasteiger partial charge < -0.3 is 5.11 Å². The summed E-state index contributed by atoms with van der Waals surface area (Å²) < 4.78 is 0. The van der Waals surface area contributed by atoms with Gasteiger partial charge in [-0.05, 0) is 47.3 Å². The van der Waals surface area contributed by atoms with E-state index in [9.17, 15) is 5.11 Å². The van der Waals surface area contributed by atoms with Crippen molar-refractivity contribution in [1.29, 1.82) is 0 Å². The molecule has 1 aromatic rings. The molecule has 2 rings (SSSR count). The molecule has 0 spiro atoms. The number of rotatable bonds is 2.